The molecule has 0 spiro atoms. The zero-order valence-electron chi connectivity index (χ0n) is 8.53. The summed E-state index contributed by atoms with van der Waals surface area (Å²) in [5.41, 5.74) is 0.755. The first kappa shape index (κ1) is 10.5. The minimum atomic E-state index is 0.105. The Morgan fingerprint density at radius 2 is 2.40 bits per heavy atom. The van der Waals surface area contributed by atoms with Gasteiger partial charge in [0.1, 0.15) is 0 Å². The summed E-state index contributed by atoms with van der Waals surface area (Å²) in [5, 5.41) is 9.28. The van der Waals surface area contributed by atoms with Crippen LogP contribution in [-0.4, -0.2) is 27.6 Å². The summed E-state index contributed by atoms with van der Waals surface area (Å²) in [5.74, 6) is 3.07. The van der Waals surface area contributed by atoms with E-state index >= 15 is 0 Å². The summed E-state index contributed by atoms with van der Waals surface area (Å²) in [6.07, 6.45) is 6.29. The fourth-order valence-corrected chi connectivity index (χ4v) is 2.95. The van der Waals surface area contributed by atoms with Gasteiger partial charge < -0.3 is 5.32 Å². The van der Waals surface area contributed by atoms with Gasteiger partial charge in [0.2, 0.25) is 5.91 Å². The van der Waals surface area contributed by atoms with Gasteiger partial charge in [-0.05, 0) is 30.3 Å². The van der Waals surface area contributed by atoms with E-state index in [-0.39, 0.29) is 5.91 Å². The predicted molar refractivity (Wildman–Crippen MR) is 61.9 cm³/mol. The van der Waals surface area contributed by atoms with Crippen LogP contribution in [0.5, 0.6) is 0 Å². The first-order valence-corrected chi connectivity index (χ1v) is 6.36. The number of hydrogen-bond acceptors (Lipinski definition) is 3. The predicted octanol–water partition coefficient (Wildman–Crippen LogP) is 1.88. The third-order valence-corrected chi connectivity index (χ3v) is 3.65. The summed E-state index contributed by atoms with van der Waals surface area (Å²) in [6.45, 7) is 0. The van der Waals surface area contributed by atoms with Crippen molar-refractivity contribution in [3.05, 3.63) is 12.4 Å². The number of nitrogens with zero attached hydrogens (tertiary/aromatic N) is 1. The fraction of sp³-hybridized carbons (Fsp3) is 0.600. The summed E-state index contributed by atoms with van der Waals surface area (Å²) in [7, 11) is 0. The molecule has 15 heavy (non-hydrogen) atoms. The van der Waals surface area contributed by atoms with Crippen molar-refractivity contribution in [3.63, 3.8) is 0 Å². The number of carbonyl (C=O) groups excluding carboxylic acids is 1. The molecule has 1 amide bonds. The molecule has 1 saturated heterocycles. The molecule has 0 atom stereocenters. The molecule has 0 aliphatic carbocycles. The molecule has 82 valence electrons. The summed E-state index contributed by atoms with van der Waals surface area (Å²) >= 11 is 1.98. The fourth-order valence-electron chi connectivity index (χ4n) is 1.74. The second-order valence-electron chi connectivity index (χ2n) is 3.80. The van der Waals surface area contributed by atoms with Crippen LogP contribution in [0.3, 0.4) is 0 Å². The van der Waals surface area contributed by atoms with Crippen LogP contribution in [0.15, 0.2) is 12.4 Å². The molecule has 4 nitrogen and oxygen atoms in total. The average molecular weight is 225 g/mol. The maximum absolute atomic E-state index is 11.6. The number of amides is 1. The normalized spacial score (nSPS) is 17.6. The minimum absolute atomic E-state index is 0.105. The molecule has 1 aliphatic heterocycles. The van der Waals surface area contributed by atoms with Crippen molar-refractivity contribution in [2.24, 2.45) is 5.92 Å². The standard InChI is InChI=1S/C10H15N3OS/c14-10(13-9-6-11-12-7-9)5-8-1-3-15-4-2-8/h6-8H,1-5H2,(H,11,12)(H,13,14). The van der Waals surface area contributed by atoms with Crippen molar-refractivity contribution in [3.8, 4) is 0 Å². The summed E-state index contributed by atoms with van der Waals surface area (Å²) < 4.78 is 0. The molecule has 1 aromatic rings. The largest absolute Gasteiger partial charge is 0.323 e. The third kappa shape index (κ3) is 3.27. The van der Waals surface area contributed by atoms with Crippen LogP contribution in [0.25, 0.3) is 0 Å². The number of anilines is 1. The van der Waals surface area contributed by atoms with Gasteiger partial charge in [0.05, 0.1) is 11.9 Å². The Morgan fingerprint density at radius 1 is 1.60 bits per heavy atom. The molecule has 0 aromatic carbocycles. The van der Waals surface area contributed by atoms with E-state index in [9.17, 15) is 4.79 Å². The molecule has 5 heteroatoms. The molecule has 0 saturated carbocycles. The van der Waals surface area contributed by atoms with E-state index < -0.39 is 0 Å². The monoisotopic (exact) mass is 225 g/mol. The lowest BCUT2D eigenvalue weighted by Crippen LogP contribution is -2.19. The highest BCUT2D eigenvalue weighted by molar-refractivity contribution is 7.99. The Balaban J connectivity index is 1.76. The highest BCUT2D eigenvalue weighted by Crippen LogP contribution is 2.25. The first-order valence-electron chi connectivity index (χ1n) is 5.21. The summed E-state index contributed by atoms with van der Waals surface area (Å²) in [4.78, 5) is 11.6. The van der Waals surface area contributed by atoms with Crippen molar-refractivity contribution in [2.45, 2.75) is 19.3 Å². The van der Waals surface area contributed by atoms with Crippen LogP contribution in [0.4, 0.5) is 5.69 Å². The maximum atomic E-state index is 11.6. The van der Waals surface area contributed by atoms with Crippen LogP contribution < -0.4 is 5.32 Å². The molecule has 0 radical (unpaired) electrons. The molecule has 0 bridgehead atoms. The van der Waals surface area contributed by atoms with Crippen LogP contribution in [0, 0.1) is 5.92 Å². The molecule has 1 fully saturated rings. The Kier molecular flexibility index (Phi) is 3.66. The van der Waals surface area contributed by atoms with Crippen molar-refractivity contribution in [1.82, 2.24) is 10.2 Å². The van der Waals surface area contributed by atoms with Crippen LogP contribution in [0.2, 0.25) is 0 Å². The van der Waals surface area contributed by atoms with Crippen LogP contribution in [0.1, 0.15) is 19.3 Å². The lowest BCUT2D eigenvalue weighted by molar-refractivity contribution is -0.117. The zero-order chi connectivity index (χ0) is 10.5. The van der Waals surface area contributed by atoms with Crippen molar-refractivity contribution in [1.29, 1.82) is 0 Å². The van der Waals surface area contributed by atoms with Gasteiger partial charge in [-0.1, -0.05) is 0 Å². The topological polar surface area (TPSA) is 57.8 Å². The number of aromatic amines is 1. The Morgan fingerprint density at radius 3 is 3.07 bits per heavy atom. The van der Waals surface area contributed by atoms with Gasteiger partial charge in [-0.2, -0.15) is 16.9 Å². The van der Waals surface area contributed by atoms with Gasteiger partial charge in [-0.15, -0.1) is 0 Å². The van der Waals surface area contributed by atoms with Crippen molar-refractivity contribution >= 4 is 23.4 Å². The molecule has 1 aromatic heterocycles. The second kappa shape index (κ2) is 5.21. The molecule has 2 rings (SSSR count). The smallest absolute Gasteiger partial charge is 0.224 e. The quantitative estimate of drug-likeness (QED) is 0.825. The van der Waals surface area contributed by atoms with Gasteiger partial charge >= 0.3 is 0 Å². The van der Waals surface area contributed by atoms with Crippen molar-refractivity contribution in [2.75, 3.05) is 16.8 Å². The van der Waals surface area contributed by atoms with E-state index in [1.54, 1.807) is 12.4 Å². The second-order valence-corrected chi connectivity index (χ2v) is 5.02. The van der Waals surface area contributed by atoms with E-state index in [1.165, 1.54) is 24.3 Å². The highest BCUT2D eigenvalue weighted by Gasteiger charge is 2.17. The summed E-state index contributed by atoms with van der Waals surface area (Å²) in [6, 6.07) is 0. The number of carbonyl (C=O) groups is 1. The number of hydrogen-bond donors (Lipinski definition) is 2. The molecule has 2 heterocycles. The van der Waals surface area contributed by atoms with E-state index in [0.29, 0.717) is 12.3 Å². The third-order valence-electron chi connectivity index (χ3n) is 2.60. The first-order chi connectivity index (χ1) is 7.34. The number of aromatic nitrogens is 2. The highest BCUT2D eigenvalue weighted by atomic mass is 32.2. The lowest BCUT2D eigenvalue weighted by atomic mass is 9.98. The zero-order valence-corrected chi connectivity index (χ0v) is 9.35. The number of rotatable bonds is 3. The van der Waals surface area contributed by atoms with Gasteiger partial charge in [-0.3, -0.25) is 9.89 Å². The molecular formula is C10H15N3OS. The Bertz CT molecular complexity index is 306. The van der Waals surface area contributed by atoms with Gasteiger partial charge in [0.25, 0.3) is 0 Å². The molecule has 1 aliphatic rings. The average Bonchev–Trinajstić information content (AvgIpc) is 2.71. The van der Waals surface area contributed by atoms with E-state index in [4.69, 9.17) is 0 Å². The van der Waals surface area contributed by atoms with Gasteiger partial charge in [-0.25, -0.2) is 0 Å². The van der Waals surface area contributed by atoms with E-state index in [2.05, 4.69) is 15.5 Å². The number of thioether (sulfide) groups is 1. The van der Waals surface area contributed by atoms with Crippen LogP contribution >= 0.6 is 11.8 Å². The van der Waals surface area contributed by atoms with E-state index in [0.717, 1.165) is 5.69 Å². The van der Waals surface area contributed by atoms with Gasteiger partial charge in [0.15, 0.2) is 0 Å². The Labute approximate surface area is 93.2 Å². The Hall–Kier alpha value is -0.970. The number of H-pyrrole nitrogens is 1. The lowest BCUT2D eigenvalue weighted by Gasteiger charge is -2.20. The molecular weight excluding hydrogens is 210 g/mol. The molecule has 2 N–H and O–H groups in total. The van der Waals surface area contributed by atoms with E-state index in [1.807, 2.05) is 11.8 Å². The van der Waals surface area contributed by atoms with Gasteiger partial charge in [0, 0.05) is 12.6 Å². The SMILES string of the molecule is O=C(CC1CCSCC1)Nc1cn[nH]c1. The maximum Gasteiger partial charge on any atom is 0.224 e. The van der Waals surface area contributed by atoms with Crippen molar-refractivity contribution < 1.29 is 4.79 Å². The molecule has 0 unspecified atom stereocenters. The van der Waals surface area contributed by atoms with Crippen LogP contribution in [-0.2, 0) is 4.79 Å². The number of nitrogens with one attached hydrogen (secondary N) is 2. The minimum Gasteiger partial charge on any atom is -0.323 e.